The maximum Gasteiger partial charge on any atom is 0.0135 e. The number of hydrogen-bond donors (Lipinski definition) is 1. The molecule has 0 bridgehead atoms. The van der Waals surface area contributed by atoms with Gasteiger partial charge >= 0.3 is 0 Å². The Morgan fingerprint density at radius 3 is 1.20 bits per heavy atom. The molecule has 0 aromatic rings. The molecule has 14 nitrogen and oxygen atoms in total. The standard InChI is InChI=1S/H3N14P/c1-2-3-4-5-6-7-8-9-10-11-12-13-14-15/h1H,15H2/b2-1?,4-3+,6-5+,8-7+,10-9+,12-11+,14-13+. The second-order valence-electron chi connectivity index (χ2n) is 1.20. The van der Waals surface area contributed by atoms with Gasteiger partial charge in [0.15, 0.2) is 0 Å². The SMILES string of the molecule is N=N/N=N/N=N/N=N/N=N/N=N/N=N/P. The van der Waals surface area contributed by atoms with Crippen molar-refractivity contribution in [1.29, 1.82) is 5.53 Å². The van der Waals surface area contributed by atoms with Gasteiger partial charge in [-0.2, -0.15) is 10.4 Å². The van der Waals surface area contributed by atoms with E-state index in [1.54, 1.807) is 0 Å². The van der Waals surface area contributed by atoms with Crippen LogP contribution in [-0.4, -0.2) is 0 Å². The van der Waals surface area contributed by atoms with Crippen molar-refractivity contribution in [1.82, 2.24) is 0 Å². The molecule has 0 radical (unpaired) electrons. The lowest BCUT2D eigenvalue weighted by Crippen LogP contribution is -1.49. The number of nitrogens with one attached hydrogen (secondary N) is 1. The van der Waals surface area contributed by atoms with Gasteiger partial charge in [-0.05, 0) is 62.7 Å². The van der Waals surface area contributed by atoms with Crippen molar-refractivity contribution in [2.24, 2.45) is 67.6 Å². The molecule has 0 fully saturated rings. The summed E-state index contributed by atoms with van der Waals surface area (Å²) in [6, 6.07) is 0. The van der Waals surface area contributed by atoms with Crippen LogP contribution in [0.3, 0.4) is 0 Å². The molecule has 0 aromatic heterocycles. The molecule has 0 aromatic carbocycles. The predicted molar refractivity (Wildman–Crippen MR) is 44.0 cm³/mol. The van der Waals surface area contributed by atoms with Crippen LogP contribution in [0.1, 0.15) is 0 Å². The topological polar surface area (TPSA) is 185 Å². The fourth-order valence-electron chi connectivity index (χ4n) is 0.204. The molecule has 0 saturated heterocycles. The number of rotatable bonds is 6. The summed E-state index contributed by atoms with van der Waals surface area (Å²) in [5.74, 6) is 0. The number of hydrogen-bond acceptors (Lipinski definition) is 2. The van der Waals surface area contributed by atoms with Crippen molar-refractivity contribution < 1.29 is 0 Å². The highest BCUT2D eigenvalue weighted by Gasteiger charge is 1.68. The quantitative estimate of drug-likeness (QED) is 0.399. The van der Waals surface area contributed by atoms with Gasteiger partial charge in [-0.1, -0.05) is 0 Å². The van der Waals surface area contributed by atoms with E-state index >= 15 is 0 Å². The fraction of sp³-hybridized carbons (Fsp3) is 0. The fourth-order valence-corrected chi connectivity index (χ4v) is 0.250. The van der Waals surface area contributed by atoms with Crippen molar-refractivity contribution in [2.45, 2.75) is 0 Å². The van der Waals surface area contributed by atoms with Crippen molar-refractivity contribution in [3.63, 3.8) is 0 Å². The van der Waals surface area contributed by atoms with Crippen molar-refractivity contribution in [2.75, 3.05) is 0 Å². The molecule has 15 heavy (non-hydrogen) atoms. The first-order chi connectivity index (χ1) is 7.41. The van der Waals surface area contributed by atoms with E-state index in [4.69, 9.17) is 5.53 Å². The zero-order valence-corrected chi connectivity index (χ0v) is 8.05. The molecule has 1 unspecified atom stereocenters. The van der Waals surface area contributed by atoms with E-state index in [0.717, 1.165) is 0 Å². The lowest BCUT2D eigenvalue weighted by Gasteiger charge is -1.68. The van der Waals surface area contributed by atoms with Gasteiger partial charge in [-0.25, -0.2) is 0 Å². The molecule has 0 aliphatic rings. The molecule has 1 N–H and O–H groups in total. The molecule has 1 atom stereocenters. The Morgan fingerprint density at radius 1 is 0.533 bits per heavy atom. The summed E-state index contributed by atoms with van der Waals surface area (Å²) < 4.78 is 0. The molecular weight excluding hydrogens is 227 g/mol. The van der Waals surface area contributed by atoms with Crippen LogP contribution < -0.4 is 0 Å². The van der Waals surface area contributed by atoms with Crippen LogP contribution in [0.5, 0.6) is 0 Å². The van der Waals surface area contributed by atoms with Gasteiger partial charge in [0.05, 0.1) is 0 Å². The van der Waals surface area contributed by atoms with Crippen molar-refractivity contribution in [3.05, 3.63) is 0 Å². The van der Waals surface area contributed by atoms with Crippen LogP contribution in [0.15, 0.2) is 67.6 Å². The minimum absolute atomic E-state index is 1.94. The van der Waals surface area contributed by atoms with Crippen molar-refractivity contribution >= 4 is 9.39 Å². The van der Waals surface area contributed by atoms with E-state index < -0.39 is 0 Å². The molecule has 0 amide bonds. The Bertz CT molecular complexity index is 312. The van der Waals surface area contributed by atoms with Crippen LogP contribution in [0.2, 0.25) is 0 Å². The molecular formula is H3N14P. The Hall–Kier alpha value is -2.37. The van der Waals surface area contributed by atoms with E-state index in [9.17, 15) is 0 Å². The third kappa shape index (κ3) is 11.6. The van der Waals surface area contributed by atoms with Crippen LogP contribution in [-0.2, 0) is 0 Å². The summed E-state index contributed by atoms with van der Waals surface area (Å²) in [6.45, 7) is 0. The summed E-state index contributed by atoms with van der Waals surface area (Å²) in [6.07, 6.45) is 0. The van der Waals surface area contributed by atoms with E-state index in [0.29, 0.717) is 0 Å². The molecule has 0 saturated carbocycles. The highest BCUT2D eigenvalue weighted by Crippen LogP contribution is 1.89. The first-order valence-corrected chi connectivity index (χ1v) is 3.40. The van der Waals surface area contributed by atoms with Gasteiger partial charge in [0.1, 0.15) is 0 Å². The third-order valence-corrected chi connectivity index (χ3v) is 0.600. The summed E-state index contributed by atoms with van der Waals surface area (Å²) in [4.78, 5) is 3.16. The Balaban J connectivity index is 3.74. The van der Waals surface area contributed by atoms with Crippen LogP contribution in [0.25, 0.3) is 0 Å². The summed E-state index contributed by atoms with van der Waals surface area (Å²) in [7, 11) is 1.94. The maximum absolute atomic E-state index is 6.16. The minimum Gasteiger partial charge on any atom is -0.183 e. The molecule has 15 heteroatoms. The van der Waals surface area contributed by atoms with E-state index in [2.05, 4.69) is 67.6 Å². The minimum atomic E-state index is 1.94. The predicted octanol–water partition coefficient (Wildman–Crippen LogP) is 3.01. The second kappa shape index (κ2) is 11.6. The second-order valence-corrected chi connectivity index (χ2v) is 1.43. The molecule has 0 aliphatic heterocycles. The van der Waals surface area contributed by atoms with Crippen LogP contribution >= 0.6 is 9.39 Å². The smallest absolute Gasteiger partial charge is 0.0135 e. The lowest BCUT2D eigenvalue weighted by molar-refractivity contribution is 0.752. The molecule has 0 rings (SSSR count). The largest absolute Gasteiger partial charge is 0.183 e. The average Bonchev–Trinajstić information content (AvgIpc) is 2.26. The Morgan fingerprint density at radius 2 is 0.867 bits per heavy atom. The van der Waals surface area contributed by atoms with Crippen molar-refractivity contribution in [3.8, 4) is 0 Å². The average molecular weight is 230 g/mol. The van der Waals surface area contributed by atoms with Gasteiger partial charge < -0.3 is 0 Å². The lowest BCUT2D eigenvalue weighted by atomic mass is 12.3. The van der Waals surface area contributed by atoms with E-state index in [1.807, 2.05) is 9.39 Å². The molecule has 78 valence electrons. The normalized spacial score (nSPS) is 13.7. The third-order valence-electron chi connectivity index (χ3n) is 0.496. The molecule has 0 aliphatic carbocycles. The molecule has 0 heterocycles. The first kappa shape index (κ1) is 12.6. The van der Waals surface area contributed by atoms with Crippen LogP contribution in [0.4, 0.5) is 0 Å². The molecule has 0 spiro atoms. The van der Waals surface area contributed by atoms with Crippen LogP contribution in [0, 0.1) is 5.53 Å². The Labute approximate surface area is 83.5 Å². The van der Waals surface area contributed by atoms with E-state index in [-0.39, 0.29) is 0 Å². The number of nitrogens with zero attached hydrogens (tertiary/aromatic N) is 13. The van der Waals surface area contributed by atoms with E-state index in [1.165, 1.54) is 0 Å². The van der Waals surface area contributed by atoms with Gasteiger partial charge in [0, 0.05) is 9.39 Å². The highest BCUT2D eigenvalue weighted by molar-refractivity contribution is 7.14. The summed E-state index contributed by atoms with van der Waals surface area (Å²) in [5.41, 5.74) is 6.16. The van der Waals surface area contributed by atoms with Gasteiger partial charge in [-0.3, -0.25) is 0 Å². The zero-order chi connectivity index (χ0) is 11.2. The highest BCUT2D eigenvalue weighted by atomic mass is 31.0. The monoisotopic (exact) mass is 230 g/mol. The maximum atomic E-state index is 6.16. The Kier molecular flexibility index (Phi) is 9.79. The first-order valence-electron chi connectivity index (χ1n) is 2.88. The van der Waals surface area contributed by atoms with Gasteiger partial charge in [-0.15, -0.1) is 0 Å². The zero-order valence-electron chi connectivity index (χ0n) is 6.89. The van der Waals surface area contributed by atoms with Gasteiger partial charge in [0.25, 0.3) is 0 Å². The summed E-state index contributed by atoms with van der Waals surface area (Å²) in [5, 5.41) is 35.1. The van der Waals surface area contributed by atoms with Gasteiger partial charge in [0.2, 0.25) is 0 Å². The summed E-state index contributed by atoms with van der Waals surface area (Å²) >= 11 is 0.